The van der Waals surface area contributed by atoms with Gasteiger partial charge in [0.05, 0.1) is 25.3 Å². The van der Waals surface area contributed by atoms with Gasteiger partial charge in [-0.1, -0.05) is 25.5 Å². The number of para-hydroxylation sites is 2. The van der Waals surface area contributed by atoms with E-state index in [0.717, 1.165) is 47.8 Å². The maximum absolute atomic E-state index is 5.43. The Balaban J connectivity index is 2.14. The number of fused-ring (bicyclic) bond motifs is 1. The Kier molecular flexibility index (Phi) is 4.51. The molecule has 0 amide bonds. The van der Waals surface area contributed by atoms with Gasteiger partial charge in [-0.25, -0.2) is 4.98 Å². The molecule has 2 aromatic carbocycles. The van der Waals surface area contributed by atoms with Crippen LogP contribution >= 0.6 is 0 Å². The van der Waals surface area contributed by atoms with E-state index in [0.29, 0.717) is 0 Å². The van der Waals surface area contributed by atoms with Crippen molar-refractivity contribution in [1.29, 1.82) is 0 Å². The molecule has 4 heteroatoms. The van der Waals surface area contributed by atoms with E-state index in [1.807, 2.05) is 24.3 Å². The molecule has 1 aromatic heterocycles. The highest BCUT2D eigenvalue weighted by atomic mass is 16.5. The van der Waals surface area contributed by atoms with Crippen LogP contribution in [0.15, 0.2) is 42.5 Å². The van der Waals surface area contributed by atoms with E-state index in [1.165, 1.54) is 5.52 Å². The van der Waals surface area contributed by atoms with Gasteiger partial charge in [-0.05, 0) is 36.8 Å². The third kappa shape index (κ3) is 2.89. The Hall–Kier alpha value is -2.49. The molecule has 0 spiro atoms. The summed E-state index contributed by atoms with van der Waals surface area (Å²) in [4.78, 5) is 4.83. The fraction of sp³-hybridized carbons (Fsp3) is 0.316. The zero-order valence-electron chi connectivity index (χ0n) is 13.9. The second kappa shape index (κ2) is 6.73. The zero-order chi connectivity index (χ0) is 16.2. The van der Waals surface area contributed by atoms with Crippen molar-refractivity contribution in [2.75, 3.05) is 14.2 Å². The second-order valence-electron chi connectivity index (χ2n) is 5.50. The SMILES string of the molecule is CCCCn1c(-c2ccc(OC)c(OC)c2)nc2ccccc21. The molecule has 23 heavy (non-hydrogen) atoms. The van der Waals surface area contributed by atoms with Crippen LogP contribution in [0, 0.1) is 0 Å². The lowest BCUT2D eigenvalue weighted by atomic mass is 10.2. The van der Waals surface area contributed by atoms with Gasteiger partial charge in [-0.2, -0.15) is 0 Å². The van der Waals surface area contributed by atoms with Gasteiger partial charge in [0.2, 0.25) is 0 Å². The van der Waals surface area contributed by atoms with Crippen LogP contribution in [0.25, 0.3) is 22.4 Å². The molecule has 0 unspecified atom stereocenters. The lowest BCUT2D eigenvalue weighted by molar-refractivity contribution is 0.355. The minimum absolute atomic E-state index is 0.721. The predicted octanol–water partition coefficient (Wildman–Crippen LogP) is 4.52. The van der Waals surface area contributed by atoms with Crippen molar-refractivity contribution >= 4 is 11.0 Å². The minimum Gasteiger partial charge on any atom is -0.493 e. The molecule has 4 nitrogen and oxygen atoms in total. The van der Waals surface area contributed by atoms with Gasteiger partial charge in [0, 0.05) is 12.1 Å². The van der Waals surface area contributed by atoms with Gasteiger partial charge in [0.25, 0.3) is 0 Å². The van der Waals surface area contributed by atoms with E-state index in [9.17, 15) is 0 Å². The highest BCUT2D eigenvalue weighted by Crippen LogP contribution is 2.33. The van der Waals surface area contributed by atoms with Crippen molar-refractivity contribution in [1.82, 2.24) is 9.55 Å². The Morgan fingerprint density at radius 2 is 1.78 bits per heavy atom. The van der Waals surface area contributed by atoms with Crippen LogP contribution in [0.2, 0.25) is 0 Å². The van der Waals surface area contributed by atoms with Crippen LogP contribution in [0.3, 0.4) is 0 Å². The molecular formula is C19H22N2O2. The summed E-state index contributed by atoms with van der Waals surface area (Å²) in [6, 6.07) is 14.2. The molecule has 0 radical (unpaired) electrons. The Morgan fingerprint density at radius 3 is 2.52 bits per heavy atom. The summed E-state index contributed by atoms with van der Waals surface area (Å²) in [7, 11) is 3.30. The molecule has 0 aliphatic rings. The Bertz CT molecular complexity index is 808. The van der Waals surface area contributed by atoms with Crippen molar-refractivity contribution < 1.29 is 9.47 Å². The molecule has 0 N–H and O–H groups in total. The van der Waals surface area contributed by atoms with Gasteiger partial charge in [0.15, 0.2) is 11.5 Å². The number of imidazole rings is 1. The molecule has 0 saturated carbocycles. The molecule has 3 aromatic rings. The molecular weight excluding hydrogens is 288 g/mol. The lowest BCUT2D eigenvalue weighted by Gasteiger charge is -2.11. The van der Waals surface area contributed by atoms with Gasteiger partial charge in [-0.15, -0.1) is 0 Å². The van der Waals surface area contributed by atoms with Crippen LogP contribution in [-0.2, 0) is 6.54 Å². The monoisotopic (exact) mass is 310 g/mol. The van der Waals surface area contributed by atoms with Crippen molar-refractivity contribution in [3.63, 3.8) is 0 Å². The number of unbranched alkanes of at least 4 members (excludes halogenated alkanes) is 1. The number of ether oxygens (including phenoxy) is 2. The molecule has 0 atom stereocenters. The van der Waals surface area contributed by atoms with E-state index in [1.54, 1.807) is 14.2 Å². The first-order valence-corrected chi connectivity index (χ1v) is 7.96. The Morgan fingerprint density at radius 1 is 1.00 bits per heavy atom. The summed E-state index contributed by atoms with van der Waals surface area (Å²) in [6.45, 7) is 3.16. The Labute approximate surface area is 136 Å². The molecule has 0 bridgehead atoms. The van der Waals surface area contributed by atoms with Crippen LogP contribution in [-0.4, -0.2) is 23.8 Å². The van der Waals surface area contributed by atoms with Crippen molar-refractivity contribution in [3.8, 4) is 22.9 Å². The van der Waals surface area contributed by atoms with Crippen LogP contribution in [0.1, 0.15) is 19.8 Å². The first kappa shape index (κ1) is 15.4. The summed E-state index contributed by atoms with van der Waals surface area (Å²) in [5, 5.41) is 0. The van der Waals surface area contributed by atoms with E-state index >= 15 is 0 Å². The standard InChI is InChI=1S/C19H22N2O2/c1-4-5-12-21-16-9-7-6-8-15(16)20-19(21)14-10-11-17(22-2)18(13-14)23-3/h6-11,13H,4-5,12H2,1-3H3. The highest BCUT2D eigenvalue weighted by Gasteiger charge is 2.14. The highest BCUT2D eigenvalue weighted by molar-refractivity contribution is 5.81. The summed E-state index contributed by atoms with van der Waals surface area (Å²) in [5.74, 6) is 2.42. The van der Waals surface area contributed by atoms with E-state index in [4.69, 9.17) is 14.5 Å². The van der Waals surface area contributed by atoms with Crippen molar-refractivity contribution in [2.24, 2.45) is 0 Å². The molecule has 0 aliphatic carbocycles. The number of methoxy groups -OCH3 is 2. The molecule has 0 fully saturated rings. The van der Waals surface area contributed by atoms with E-state index < -0.39 is 0 Å². The van der Waals surface area contributed by atoms with Gasteiger partial charge in [-0.3, -0.25) is 0 Å². The van der Waals surface area contributed by atoms with Crippen LogP contribution in [0.5, 0.6) is 11.5 Å². The number of hydrogen-bond acceptors (Lipinski definition) is 3. The number of benzene rings is 2. The van der Waals surface area contributed by atoms with Crippen molar-refractivity contribution in [2.45, 2.75) is 26.3 Å². The minimum atomic E-state index is 0.721. The number of nitrogens with zero attached hydrogens (tertiary/aromatic N) is 2. The van der Waals surface area contributed by atoms with Crippen molar-refractivity contribution in [3.05, 3.63) is 42.5 Å². The maximum atomic E-state index is 5.43. The first-order valence-electron chi connectivity index (χ1n) is 7.96. The van der Waals surface area contributed by atoms with Gasteiger partial charge in [0.1, 0.15) is 5.82 Å². The smallest absolute Gasteiger partial charge is 0.161 e. The fourth-order valence-corrected chi connectivity index (χ4v) is 2.81. The molecule has 0 saturated heterocycles. The number of hydrogen-bond donors (Lipinski definition) is 0. The van der Waals surface area contributed by atoms with Gasteiger partial charge < -0.3 is 14.0 Å². The summed E-state index contributed by atoms with van der Waals surface area (Å²) in [6.07, 6.45) is 2.28. The summed E-state index contributed by atoms with van der Waals surface area (Å²) in [5.41, 5.74) is 3.23. The normalized spacial score (nSPS) is 10.9. The maximum Gasteiger partial charge on any atom is 0.161 e. The molecule has 1 heterocycles. The van der Waals surface area contributed by atoms with Gasteiger partial charge >= 0.3 is 0 Å². The van der Waals surface area contributed by atoms with E-state index in [2.05, 4.69) is 29.7 Å². The van der Waals surface area contributed by atoms with Crippen LogP contribution in [0.4, 0.5) is 0 Å². The summed E-state index contributed by atoms with van der Waals surface area (Å²) >= 11 is 0. The predicted molar refractivity (Wildman–Crippen MR) is 93.2 cm³/mol. The molecule has 3 rings (SSSR count). The third-order valence-electron chi connectivity index (χ3n) is 4.03. The fourth-order valence-electron chi connectivity index (χ4n) is 2.81. The third-order valence-corrected chi connectivity index (χ3v) is 4.03. The largest absolute Gasteiger partial charge is 0.493 e. The summed E-state index contributed by atoms with van der Waals surface area (Å²) < 4.78 is 13.1. The first-order chi connectivity index (χ1) is 11.3. The quantitative estimate of drug-likeness (QED) is 0.671. The number of aromatic nitrogens is 2. The zero-order valence-corrected chi connectivity index (χ0v) is 13.9. The number of aryl methyl sites for hydroxylation is 1. The number of rotatable bonds is 6. The van der Waals surface area contributed by atoms with Crippen LogP contribution < -0.4 is 9.47 Å². The average Bonchev–Trinajstić information content (AvgIpc) is 2.97. The van der Waals surface area contributed by atoms with E-state index in [-0.39, 0.29) is 0 Å². The lowest BCUT2D eigenvalue weighted by Crippen LogP contribution is -2.01. The molecule has 0 aliphatic heterocycles. The topological polar surface area (TPSA) is 36.3 Å². The molecule has 120 valence electrons. The second-order valence-corrected chi connectivity index (χ2v) is 5.50. The average molecular weight is 310 g/mol.